The third-order valence-corrected chi connectivity index (χ3v) is 3.11. The van der Waals surface area contributed by atoms with E-state index in [0.717, 1.165) is 18.0 Å². The van der Waals surface area contributed by atoms with Gasteiger partial charge < -0.3 is 14.4 Å². The first kappa shape index (κ1) is 11.0. The lowest BCUT2D eigenvalue weighted by atomic mass is 10.2. The molecule has 2 aliphatic heterocycles. The molecule has 3 rings (SSSR count). The molecule has 0 radical (unpaired) electrons. The number of rotatable bonds is 3. The highest BCUT2D eigenvalue weighted by molar-refractivity contribution is 5.94. The van der Waals surface area contributed by atoms with Gasteiger partial charge in [-0.2, -0.15) is 0 Å². The van der Waals surface area contributed by atoms with Crippen molar-refractivity contribution in [1.82, 2.24) is 4.90 Å². The number of hydrogen-bond acceptors (Lipinski definition) is 3. The van der Waals surface area contributed by atoms with Gasteiger partial charge in [0.25, 0.3) is 0 Å². The minimum Gasteiger partial charge on any atom is -0.454 e. The van der Waals surface area contributed by atoms with E-state index in [1.807, 2.05) is 18.2 Å². The molecule has 1 aromatic rings. The molecule has 0 spiro atoms. The van der Waals surface area contributed by atoms with Crippen LogP contribution in [0.5, 0.6) is 11.5 Å². The second-order valence-electron chi connectivity index (χ2n) is 4.21. The van der Waals surface area contributed by atoms with Crippen LogP contribution in [0.1, 0.15) is 0 Å². The van der Waals surface area contributed by atoms with Crippen molar-refractivity contribution in [2.75, 3.05) is 31.3 Å². The van der Waals surface area contributed by atoms with Crippen LogP contribution in [-0.4, -0.2) is 37.4 Å². The predicted molar refractivity (Wildman–Crippen MR) is 67.1 cm³/mol. The lowest BCUT2D eigenvalue weighted by Gasteiger charge is -2.17. The van der Waals surface area contributed by atoms with E-state index in [-0.39, 0.29) is 12.8 Å². The molecular formula is C13H14N2O3. The van der Waals surface area contributed by atoms with Crippen LogP contribution in [0.25, 0.3) is 0 Å². The maximum absolute atomic E-state index is 12.1. The summed E-state index contributed by atoms with van der Waals surface area (Å²) >= 11 is 0. The van der Waals surface area contributed by atoms with E-state index < -0.39 is 0 Å². The predicted octanol–water partition coefficient (Wildman–Crippen LogP) is 1.84. The van der Waals surface area contributed by atoms with Gasteiger partial charge in [-0.3, -0.25) is 4.90 Å². The number of anilines is 1. The van der Waals surface area contributed by atoms with Gasteiger partial charge in [0.1, 0.15) is 0 Å². The summed E-state index contributed by atoms with van der Waals surface area (Å²) in [5.74, 6) is 1.43. The Balaban J connectivity index is 1.83. The molecule has 2 heterocycles. The van der Waals surface area contributed by atoms with E-state index in [4.69, 9.17) is 9.47 Å². The summed E-state index contributed by atoms with van der Waals surface area (Å²) in [5.41, 5.74) is 0.843. The Bertz CT molecular complexity index is 501. The highest BCUT2D eigenvalue weighted by Gasteiger charge is 2.29. The third kappa shape index (κ3) is 1.68. The van der Waals surface area contributed by atoms with Crippen molar-refractivity contribution in [1.29, 1.82) is 0 Å². The molecule has 0 atom stereocenters. The molecule has 94 valence electrons. The summed E-state index contributed by atoms with van der Waals surface area (Å²) in [5, 5.41) is 0. The Labute approximate surface area is 105 Å². The first-order valence-electron chi connectivity index (χ1n) is 5.86. The number of amides is 2. The molecule has 1 saturated heterocycles. The average Bonchev–Trinajstić information content (AvgIpc) is 2.97. The molecule has 2 amide bonds. The number of carbonyl (C=O) groups is 1. The van der Waals surface area contributed by atoms with Gasteiger partial charge in [0.2, 0.25) is 6.79 Å². The van der Waals surface area contributed by atoms with Gasteiger partial charge in [0.05, 0.1) is 0 Å². The summed E-state index contributed by atoms with van der Waals surface area (Å²) in [4.78, 5) is 15.6. The standard InChI is InChI=1S/C13H14N2O3/c1-2-5-14-6-7-15(13(14)16)10-3-4-11-12(8-10)18-9-17-11/h2-4,8H,1,5-7,9H2. The number of fused-ring (bicyclic) bond motifs is 1. The van der Waals surface area contributed by atoms with E-state index in [0.29, 0.717) is 18.8 Å². The molecule has 1 aromatic carbocycles. The SMILES string of the molecule is C=CCN1CCN(c2ccc3c(c2)OCO3)C1=O. The van der Waals surface area contributed by atoms with E-state index in [9.17, 15) is 4.79 Å². The molecular weight excluding hydrogens is 232 g/mol. The molecule has 18 heavy (non-hydrogen) atoms. The van der Waals surface area contributed by atoms with Gasteiger partial charge in [0, 0.05) is 31.4 Å². The summed E-state index contributed by atoms with van der Waals surface area (Å²) < 4.78 is 10.6. The first-order chi connectivity index (χ1) is 8.79. The largest absolute Gasteiger partial charge is 0.454 e. The van der Waals surface area contributed by atoms with Crippen LogP contribution in [0, 0.1) is 0 Å². The molecule has 5 heteroatoms. The Hall–Kier alpha value is -2.17. The molecule has 5 nitrogen and oxygen atoms in total. The normalized spacial score (nSPS) is 17.4. The van der Waals surface area contributed by atoms with Gasteiger partial charge in [-0.1, -0.05) is 6.08 Å². The van der Waals surface area contributed by atoms with Crippen LogP contribution >= 0.6 is 0 Å². The fraction of sp³-hybridized carbons (Fsp3) is 0.308. The zero-order valence-electron chi connectivity index (χ0n) is 9.96. The van der Waals surface area contributed by atoms with Crippen molar-refractivity contribution in [3.63, 3.8) is 0 Å². The van der Waals surface area contributed by atoms with Gasteiger partial charge in [0.15, 0.2) is 11.5 Å². The van der Waals surface area contributed by atoms with Gasteiger partial charge in [-0.05, 0) is 12.1 Å². The third-order valence-electron chi connectivity index (χ3n) is 3.11. The number of benzene rings is 1. The lowest BCUT2D eigenvalue weighted by molar-refractivity contribution is 0.174. The van der Waals surface area contributed by atoms with Crippen molar-refractivity contribution in [3.8, 4) is 11.5 Å². The highest BCUT2D eigenvalue weighted by Crippen LogP contribution is 2.36. The topological polar surface area (TPSA) is 42.0 Å². The monoisotopic (exact) mass is 246 g/mol. The zero-order valence-corrected chi connectivity index (χ0v) is 9.96. The van der Waals surface area contributed by atoms with Crippen molar-refractivity contribution >= 4 is 11.7 Å². The summed E-state index contributed by atoms with van der Waals surface area (Å²) in [6.45, 7) is 5.89. The second kappa shape index (κ2) is 4.25. The Kier molecular flexibility index (Phi) is 2.59. The highest BCUT2D eigenvalue weighted by atomic mass is 16.7. The Morgan fingerprint density at radius 1 is 1.28 bits per heavy atom. The molecule has 0 aromatic heterocycles. The molecule has 1 fully saturated rings. The fourth-order valence-corrected chi connectivity index (χ4v) is 2.20. The Morgan fingerprint density at radius 2 is 2.11 bits per heavy atom. The van der Waals surface area contributed by atoms with Gasteiger partial charge in [-0.25, -0.2) is 4.79 Å². The maximum atomic E-state index is 12.1. The van der Waals surface area contributed by atoms with Crippen molar-refractivity contribution in [3.05, 3.63) is 30.9 Å². The summed E-state index contributed by atoms with van der Waals surface area (Å²) in [6, 6.07) is 5.57. The minimum atomic E-state index is 0.00812. The molecule has 0 aliphatic carbocycles. The van der Waals surface area contributed by atoms with Crippen LogP contribution in [-0.2, 0) is 0 Å². The van der Waals surface area contributed by atoms with E-state index in [2.05, 4.69) is 6.58 Å². The van der Waals surface area contributed by atoms with Crippen molar-refractivity contribution < 1.29 is 14.3 Å². The zero-order chi connectivity index (χ0) is 12.5. The number of carbonyl (C=O) groups excluding carboxylic acids is 1. The van der Waals surface area contributed by atoms with E-state index >= 15 is 0 Å². The number of urea groups is 1. The molecule has 0 N–H and O–H groups in total. The first-order valence-corrected chi connectivity index (χ1v) is 5.86. The van der Waals surface area contributed by atoms with Crippen LogP contribution < -0.4 is 14.4 Å². The van der Waals surface area contributed by atoms with Gasteiger partial charge >= 0.3 is 6.03 Å². The van der Waals surface area contributed by atoms with Crippen molar-refractivity contribution in [2.24, 2.45) is 0 Å². The van der Waals surface area contributed by atoms with Crippen molar-refractivity contribution in [2.45, 2.75) is 0 Å². The molecule has 0 unspecified atom stereocenters. The van der Waals surface area contributed by atoms with Crippen LogP contribution in [0.15, 0.2) is 30.9 Å². The molecule has 0 saturated carbocycles. The van der Waals surface area contributed by atoms with E-state index in [1.165, 1.54) is 0 Å². The quantitative estimate of drug-likeness (QED) is 0.764. The van der Waals surface area contributed by atoms with Crippen LogP contribution in [0.2, 0.25) is 0 Å². The van der Waals surface area contributed by atoms with E-state index in [1.54, 1.807) is 15.9 Å². The number of ether oxygens (including phenoxy) is 2. The maximum Gasteiger partial charge on any atom is 0.324 e. The lowest BCUT2D eigenvalue weighted by Crippen LogP contribution is -2.31. The minimum absolute atomic E-state index is 0.00812. The smallest absolute Gasteiger partial charge is 0.324 e. The Morgan fingerprint density at radius 3 is 2.94 bits per heavy atom. The number of hydrogen-bond donors (Lipinski definition) is 0. The summed E-state index contributed by atoms with van der Waals surface area (Å²) in [6.07, 6.45) is 1.74. The second-order valence-corrected chi connectivity index (χ2v) is 4.21. The number of nitrogens with zero attached hydrogens (tertiary/aromatic N) is 2. The fourth-order valence-electron chi connectivity index (χ4n) is 2.20. The van der Waals surface area contributed by atoms with Crippen LogP contribution in [0.3, 0.4) is 0 Å². The summed E-state index contributed by atoms with van der Waals surface area (Å²) in [7, 11) is 0. The van der Waals surface area contributed by atoms with Crippen LogP contribution in [0.4, 0.5) is 10.5 Å². The molecule has 0 bridgehead atoms. The van der Waals surface area contributed by atoms with Gasteiger partial charge in [-0.15, -0.1) is 6.58 Å². The average molecular weight is 246 g/mol. The molecule has 2 aliphatic rings.